The van der Waals surface area contributed by atoms with Gasteiger partial charge in [0.2, 0.25) is 10.0 Å². The summed E-state index contributed by atoms with van der Waals surface area (Å²) >= 11 is 0. The van der Waals surface area contributed by atoms with E-state index in [0.29, 0.717) is 29.8 Å². The van der Waals surface area contributed by atoms with Gasteiger partial charge in [-0.2, -0.15) is 0 Å². The van der Waals surface area contributed by atoms with Gasteiger partial charge in [0, 0.05) is 12.1 Å². The van der Waals surface area contributed by atoms with Crippen LogP contribution in [0.2, 0.25) is 0 Å². The van der Waals surface area contributed by atoms with Crippen LogP contribution < -0.4 is 14.8 Å². The van der Waals surface area contributed by atoms with Gasteiger partial charge in [0.25, 0.3) is 5.91 Å². The van der Waals surface area contributed by atoms with Crippen molar-refractivity contribution in [2.75, 3.05) is 24.6 Å². The van der Waals surface area contributed by atoms with Crippen LogP contribution in [0.5, 0.6) is 5.75 Å². The van der Waals surface area contributed by atoms with Crippen LogP contribution in [0.25, 0.3) is 0 Å². The van der Waals surface area contributed by atoms with Gasteiger partial charge in [0.15, 0.2) is 0 Å². The van der Waals surface area contributed by atoms with Gasteiger partial charge in [-0.3, -0.25) is 9.52 Å². The van der Waals surface area contributed by atoms with E-state index in [9.17, 15) is 13.2 Å². The summed E-state index contributed by atoms with van der Waals surface area (Å²) in [6.07, 6.45) is 1.80. The number of methoxy groups -OCH3 is 1. The highest BCUT2D eigenvalue weighted by Crippen LogP contribution is 2.17. The van der Waals surface area contributed by atoms with Crippen molar-refractivity contribution in [1.82, 2.24) is 5.32 Å². The number of nitrogens with one attached hydrogen (secondary N) is 2. The molecule has 0 heterocycles. The van der Waals surface area contributed by atoms with Crippen molar-refractivity contribution in [3.8, 4) is 5.75 Å². The maximum Gasteiger partial charge on any atom is 0.251 e. The zero-order valence-corrected chi connectivity index (χ0v) is 15.3. The lowest BCUT2D eigenvalue weighted by Crippen LogP contribution is -2.25. The third-order valence-electron chi connectivity index (χ3n) is 3.64. The standard InChI is InChI=1S/C18H22N2O4S/c1-13-12-15(6-9-17(13)20-25(3,22)23)18(21)19-11-10-14-4-7-16(24-2)8-5-14/h4-9,12,20H,10-11H2,1-3H3,(H,19,21). The fraction of sp³-hybridized carbons (Fsp3) is 0.278. The summed E-state index contributed by atoms with van der Waals surface area (Å²) in [4.78, 5) is 12.2. The minimum absolute atomic E-state index is 0.192. The third kappa shape index (κ3) is 5.79. The molecule has 1 amide bonds. The first-order valence-electron chi connectivity index (χ1n) is 7.78. The molecule has 0 saturated heterocycles. The number of carbonyl (C=O) groups excluding carboxylic acids is 1. The lowest BCUT2D eigenvalue weighted by Gasteiger charge is -2.10. The SMILES string of the molecule is COc1ccc(CCNC(=O)c2ccc(NS(C)(=O)=O)c(C)c2)cc1. The number of benzene rings is 2. The topological polar surface area (TPSA) is 84.5 Å². The van der Waals surface area contributed by atoms with Crippen molar-refractivity contribution < 1.29 is 17.9 Å². The summed E-state index contributed by atoms with van der Waals surface area (Å²) in [6, 6.07) is 12.5. The van der Waals surface area contributed by atoms with E-state index in [1.807, 2.05) is 24.3 Å². The number of amides is 1. The number of ether oxygens (including phenoxy) is 1. The van der Waals surface area contributed by atoms with Crippen LogP contribution in [0.15, 0.2) is 42.5 Å². The molecule has 0 atom stereocenters. The second-order valence-corrected chi connectivity index (χ2v) is 7.51. The van der Waals surface area contributed by atoms with E-state index in [4.69, 9.17) is 4.74 Å². The smallest absolute Gasteiger partial charge is 0.251 e. The van der Waals surface area contributed by atoms with Crippen molar-refractivity contribution in [3.63, 3.8) is 0 Å². The van der Waals surface area contributed by atoms with E-state index in [0.717, 1.165) is 17.6 Å². The van der Waals surface area contributed by atoms with Crippen LogP contribution in [0.1, 0.15) is 21.5 Å². The lowest BCUT2D eigenvalue weighted by atomic mass is 10.1. The van der Waals surface area contributed by atoms with Crippen LogP contribution in [-0.4, -0.2) is 34.2 Å². The molecule has 0 saturated carbocycles. The molecule has 0 bridgehead atoms. The second-order valence-electron chi connectivity index (χ2n) is 5.76. The summed E-state index contributed by atoms with van der Waals surface area (Å²) in [5.41, 5.74) is 2.75. The maximum atomic E-state index is 12.2. The molecule has 2 N–H and O–H groups in total. The molecular formula is C18H22N2O4S. The van der Waals surface area contributed by atoms with E-state index in [1.165, 1.54) is 0 Å². The minimum atomic E-state index is -3.34. The lowest BCUT2D eigenvalue weighted by molar-refractivity contribution is 0.0954. The predicted octanol–water partition coefficient (Wildman–Crippen LogP) is 2.35. The fourth-order valence-corrected chi connectivity index (χ4v) is 2.96. The average molecular weight is 362 g/mol. The van der Waals surface area contributed by atoms with Crippen molar-refractivity contribution in [2.45, 2.75) is 13.3 Å². The van der Waals surface area contributed by atoms with Gasteiger partial charge in [-0.1, -0.05) is 12.1 Å². The number of hydrogen-bond donors (Lipinski definition) is 2. The number of carbonyl (C=O) groups is 1. The zero-order valence-electron chi connectivity index (χ0n) is 14.5. The van der Waals surface area contributed by atoms with E-state index in [2.05, 4.69) is 10.0 Å². The van der Waals surface area contributed by atoms with Gasteiger partial charge in [0.05, 0.1) is 19.1 Å². The average Bonchev–Trinajstić information content (AvgIpc) is 2.56. The summed E-state index contributed by atoms with van der Waals surface area (Å²) < 4.78 is 30.1. The Morgan fingerprint density at radius 3 is 2.36 bits per heavy atom. The minimum Gasteiger partial charge on any atom is -0.497 e. The molecule has 0 aliphatic carbocycles. The Bertz CT molecular complexity index is 846. The Kier molecular flexibility index (Phi) is 6.03. The van der Waals surface area contributed by atoms with Crippen molar-refractivity contribution in [2.24, 2.45) is 0 Å². The Balaban J connectivity index is 1.93. The van der Waals surface area contributed by atoms with Crippen molar-refractivity contribution in [1.29, 1.82) is 0 Å². The fourth-order valence-electron chi connectivity index (χ4n) is 2.33. The first kappa shape index (κ1) is 18.8. The Morgan fingerprint density at radius 1 is 1.12 bits per heavy atom. The molecule has 7 heteroatoms. The molecule has 0 radical (unpaired) electrons. The van der Waals surface area contributed by atoms with E-state index in [-0.39, 0.29) is 5.91 Å². The van der Waals surface area contributed by atoms with E-state index in [1.54, 1.807) is 32.2 Å². The summed E-state index contributed by atoms with van der Waals surface area (Å²) in [6.45, 7) is 2.26. The molecule has 134 valence electrons. The number of anilines is 1. The first-order valence-corrected chi connectivity index (χ1v) is 9.67. The Morgan fingerprint density at radius 2 is 1.80 bits per heavy atom. The zero-order chi connectivity index (χ0) is 18.4. The molecule has 0 spiro atoms. The van der Waals surface area contributed by atoms with E-state index >= 15 is 0 Å². The highest BCUT2D eigenvalue weighted by molar-refractivity contribution is 7.92. The van der Waals surface area contributed by atoms with Crippen LogP contribution in [-0.2, 0) is 16.4 Å². The van der Waals surface area contributed by atoms with Crippen molar-refractivity contribution >= 4 is 21.6 Å². The van der Waals surface area contributed by atoms with Crippen LogP contribution in [0.3, 0.4) is 0 Å². The Labute approximate surface area is 148 Å². The first-order chi connectivity index (χ1) is 11.8. The normalized spacial score (nSPS) is 11.0. The van der Waals surface area contributed by atoms with Crippen LogP contribution >= 0.6 is 0 Å². The molecule has 2 rings (SSSR count). The number of aryl methyl sites for hydroxylation is 1. The van der Waals surface area contributed by atoms with Crippen LogP contribution in [0.4, 0.5) is 5.69 Å². The van der Waals surface area contributed by atoms with E-state index < -0.39 is 10.0 Å². The monoisotopic (exact) mass is 362 g/mol. The van der Waals surface area contributed by atoms with Crippen molar-refractivity contribution in [3.05, 3.63) is 59.2 Å². The van der Waals surface area contributed by atoms with Gasteiger partial charge in [-0.15, -0.1) is 0 Å². The van der Waals surface area contributed by atoms with Gasteiger partial charge in [0.1, 0.15) is 5.75 Å². The molecular weight excluding hydrogens is 340 g/mol. The largest absolute Gasteiger partial charge is 0.497 e. The molecule has 2 aromatic carbocycles. The quantitative estimate of drug-likeness (QED) is 0.792. The van der Waals surface area contributed by atoms with Crippen LogP contribution in [0, 0.1) is 6.92 Å². The highest BCUT2D eigenvalue weighted by atomic mass is 32.2. The maximum absolute atomic E-state index is 12.2. The number of sulfonamides is 1. The molecule has 0 fully saturated rings. The molecule has 0 aromatic heterocycles. The van der Waals surface area contributed by atoms with Gasteiger partial charge in [-0.05, 0) is 54.8 Å². The molecule has 6 nitrogen and oxygen atoms in total. The second kappa shape index (κ2) is 8.02. The summed E-state index contributed by atoms with van der Waals surface area (Å²) in [5.74, 6) is 0.605. The molecule has 2 aromatic rings. The van der Waals surface area contributed by atoms with Gasteiger partial charge >= 0.3 is 0 Å². The van der Waals surface area contributed by atoms with Gasteiger partial charge in [-0.25, -0.2) is 8.42 Å². The molecule has 0 aliphatic heterocycles. The highest BCUT2D eigenvalue weighted by Gasteiger charge is 2.10. The Hall–Kier alpha value is -2.54. The summed E-state index contributed by atoms with van der Waals surface area (Å²) in [7, 11) is -1.72. The third-order valence-corrected chi connectivity index (χ3v) is 4.23. The number of rotatable bonds is 7. The predicted molar refractivity (Wildman–Crippen MR) is 98.7 cm³/mol. The molecule has 0 unspecified atom stereocenters. The van der Waals surface area contributed by atoms with Gasteiger partial charge < -0.3 is 10.1 Å². The molecule has 25 heavy (non-hydrogen) atoms. The summed E-state index contributed by atoms with van der Waals surface area (Å²) in [5, 5.41) is 2.86. The number of hydrogen-bond acceptors (Lipinski definition) is 4. The molecule has 0 aliphatic rings.